The van der Waals surface area contributed by atoms with Gasteiger partial charge in [0, 0.05) is 18.7 Å². The summed E-state index contributed by atoms with van der Waals surface area (Å²) in [6.45, 7) is 8.78. The van der Waals surface area contributed by atoms with Crippen molar-refractivity contribution in [1.29, 1.82) is 0 Å². The minimum atomic E-state index is 0.614. The van der Waals surface area contributed by atoms with Gasteiger partial charge in [-0.2, -0.15) is 5.10 Å². The lowest BCUT2D eigenvalue weighted by Crippen LogP contribution is -2.31. The molecule has 76 valence electrons. The van der Waals surface area contributed by atoms with Crippen LogP contribution in [0.3, 0.4) is 0 Å². The average molecular weight is 192 g/mol. The molecule has 2 rings (SSSR count). The molecule has 0 radical (unpaired) electrons. The average Bonchev–Trinajstić information content (AvgIpc) is 2.40. The summed E-state index contributed by atoms with van der Waals surface area (Å²) < 4.78 is 2.00. The van der Waals surface area contributed by atoms with Gasteiger partial charge in [-0.3, -0.25) is 9.58 Å². The van der Waals surface area contributed by atoms with Crippen LogP contribution in [0.5, 0.6) is 0 Å². The van der Waals surface area contributed by atoms with E-state index in [1.165, 1.54) is 5.69 Å². The van der Waals surface area contributed by atoms with Crippen molar-refractivity contribution >= 4 is 11.4 Å². The van der Waals surface area contributed by atoms with Crippen molar-refractivity contribution in [3.63, 3.8) is 0 Å². The van der Waals surface area contributed by atoms with Crippen LogP contribution < -0.4 is 5.73 Å². The van der Waals surface area contributed by atoms with Gasteiger partial charge in [-0.1, -0.05) is 6.58 Å². The fourth-order valence-electron chi connectivity index (χ4n) is 1.93. The molecule has 0 fully saturated rings. The van der Waals surface area contributed by atoms with Crippen molar-refractivity contribution in [2.45, 2.75) is 20.0 Å². The zero-order chi connectivity index (χ0) is 10.3. The Morgan fingerprint density at radius 3 is 2.86 bits per heavy atom. The molecule has 0 aromatic carbocycles. The molecule has 0 unspecified atom stereocenters. The van der Waals surface area contributed by atoms with E-state index in [9.17, 15) is 0 Å². The number of allylic oxidation sites excluding steroid dienone is 1. The zero-order valence-corrected chi connectivity index (χ0v) is 8.75. The Labute approximate surface area is 84.0 Å². The second-order valence-electron chi connectivity index (χ2n) is 3.95. The van der Waals surface area contributed by atoms with E-state index >= 15 is 0 Å². The van der Waals surface area contributed by atoms with Crippen molar-refractivity contribution in [2.24, 2.45) is 0 Å². The van der Waals surface area contributed by atoms with Crippen molar-refractivity contribution in [1.82, 2.24) is 14.7 Å². The first-order chi connectivity index (χ1) is 6.59. The molecule has 0 aliphatic carbocycles. The molecule has 4 heteroatoms. The summed E-state index contributed by atoms with van der Waals surface area (Å²) in [6, 6.07) is 0. The van der Waals surface area contributed by atoms with Crippen LogP contribution in [0.2, 0.25) is 0 Å². The fraction of sp³-hybridized carbons (Fsp3) is 0.500. The number of rotatable bonds is 1. The molecule has 2 heterocycles. The van der Waals surface area contributed by atoms with E-state index < -0.39 is 0 Å². The Kier molecular flexibility index (Phi) is 2.07. The third kappa shape index (κ3) is 1.32. The Morgan fingerprint density at radius 2 is 2.21 bits per heavy atom. The Hall–Kier alpha value is -1.29. The number of hydrogen-bond donors (Lipinski definition) is 1. The van der Waals surface area contributed by atoms with Crippen LogP contribution >= 0.6 is 0 Å². The number of fused-ring (bicyclic) bond motifs is 1. The third-order valence-electron chi connectivity index (χ3n) is 2.62. The van der Waals surface area contributed by atoms with Crippen LogP contribution in [0.1, 0.15) is 18.2 Å². The predicted octanol–water partition coefficient (Wildman–Crippen LogP) is 0.944. The third-order valence-corrected chi connectivity index (χ3v) is 2.62. The molecule has 0 bridgehead atoms. The summed E-state index contributed by atoms with van der Waals surface area (Å²) in [4.78, 5) is 2.27. The van der Waals surface area contributed by atoms with Gasteiger partial charge >= 0.3 is 0 Å². The summed E-state index contributed by atoms with van der Waals surface area (Å²) in [7, 11) is 2.11. The van der Waals surface area contributed by atoms with Gasteiger partial charge in [0.05, 0.1) is 12.2 Å². The Bertz CT molecular complexity index is 378. The lowest BCUT2D eigenvalue weighted by molar-refractivity contribution is 0.259. The highest BCUT2D eigenvalue weighted by atomic mass is 15.3. The SMILES string of the molecule is C=C(C)c1c(N)nn2c1CN(C)CC2. The second-order valence-corrected chi connectivity index (χ2v) is 3.95. The molecular weight excluding hydrogens is 176 g/mol. The molecule has 0 spiro atoms. The Morgan fingerprint density at radius 1 is 1.50 bits per heavy atom. The molecule has 0 atom stereocenters. The molecule has 1 aliphatic rings. The number of nitrogens with two attached hydrogens (primary N) is 1. The molecule has 4 nitrogen and oxygen atoms in total. The maximum absolute atomic E-state index is 5.86. The van der Waals surface area contributed by atoms with Crippen LogP contribution in [-0.4, -0.2) is 28.3 Å². The van der Waals surface area contributed by atoms with Crippen LogP contribution in [0.4, 0.5) is 5.82 Å². The number of nitrogens with zero attached hydrogens (tertiary/aromatic N) is 3. The maximum Gasteiger partial charge on any atom is 0.153 e. The normalized spacial score (nSPS) is 16.7. The number of nitrogen functional groups attached to an aromatic ring is 1. The van der Waals surface area contributed by atoms with Gasteiger partial charge in [0.15, 0.2) is 5.82 Å². The number of hydrogen-bond acceptors (Lipinski definition) is 3. The summed E-state index contributed by atoms with van der Waals surface area (Å²) in [5.41, 5.74) is 9.09. The van der Waals surface area contributed by atoms with Crippen molar-refractivity contribution < 1.29 is 0 Å². The maximum atomic E-state index is 5.86. The van der Waals surface area contributed by atoms with Crippen molar-refractivity contribution in [2.75, 3.05) is 19.3 Å². The first-order valence-electron chi connectivity index (χ1n) is 4.79. The van der Waals surface area contributed by atoms with E-state index in [-0.39, 0.29) is 0 Å². The quantitative estimate of drug-likeness (QED) is 0.720. The standard InChI is InChI=1S/C10H16N4/c1-7(2)9-8-6-13(3)4-5-14(8)12-10(9)11/h1,4-6H2,2-3H3,(H2,11,12). The fourth-order valence-corrected chi connectivity index (χ4v) is 1.93. The highest BCUT2D eigenvalue weighted by molar-refractivity contribution is 5.72. The molecule has 0 amide bonds. The summed E-state index contributed by atoms with van der Waals surface area (Å²) >= 11 is 0. The predicted molar refractivity (Wildman–Crippen MR) is 57.7 cm³/mol. The highest BCUT2D eigenvalue weighted by Gasteiger charge is 2.21. The minimum absolute atomic E-state index is 0.614. The second kappa shape index (κ2) is 3.13. The van der Waals surface area contributed by atoms with E-state index in [4.69, 9.17) is 5.73 Å². The van der Waals surface area contributed by atoms with Gasteiger partial charge < -0.3 is 5.73 Å². The van der Waals surface area contributed by atoms with Gasteiger partial charge in [0.25, 0.3) is 0 Å². The Balaban J connectivity index is 2.50. The monoisotopic (exact) mass is 192 g/mol. The molecule has 1 aromatic heterocycles. The first kappa shape index (κ1) is 9.27. The number of anilines is 1. The number of aromatic nitrogens is 2. The van der Waals surface area contributed by atoms with Crippen LogP contribution in [-0.2, 0) is 13.1 Å². The smallest absolute Gasteiger partial charge is 0.153 e. The van der Waals surface area contributed by atoms with Gasteiger partial charge in [-0.25, -0.2) is 0 Å². The van der Waals surface area contributed by atoms with Gasteiger partial charge in [-0.15, -0.1) is 0 Å². The van der Waals surface area contributed by atoms with Gasteiger partial charge in [-0.05, 0) is 19.5 Å². The van der Waals surface area contributed by atoms with Gasteiger partial charge in [0.1, 0.15) is 0 Å². The lowest BCUT2D eigenvalue weighted by Gasteiger charge is -2.24. The van der Waals surface area contributed by atoms with Crippen molar-refractivity contribution in [3.05, 3.63) is 17.8 Å². The van der Waals surface area contributed by atoms with Crippen LogP contribution in [0.25, 0.3) is 5.57 Å². The van der Waals surface area contributed by atoms with Gasteiger partial charge in [0.2, 0.25) is 0 Å². The summed E-state index contributed by atoms with van der Waals surface area (Å²) in [5.74, 6) is 0.614. The largest absolute Gasteiger partial charge is 0.382 e. The molecule has 1 aliphatic heterocycles. The molecule has 2 N–H and O–H groups in total. The minimum Gasteiger partial charge on any atom is -0.382 e. The van der Waals surface area contributed by atoms with E-state index in [1.54, 1.807) is 0 Å². The topological polar surface area (TPSA) is 47.1 Å². The van der Waals surface area contributed by atoms with Crippen LogP contribution in [0.15, 0.2) is 6.58 Å². The highest BCUT2D eigenvalue weighted by Crippen LogP contribution is 2.26. The van der Waals surface area contributed by atoms with E-state index in [1.807, 2.05) is 11.6 Å². The zero-order valence-electron chi connectivity index (χ0n) is 8.75. The summed E-state index contributed by atoms with van der Waals surface area (Å²) in [5, 5.41) is 4.31. The molecular formula is C10H16N4. The van der Waals surface area contributed by atoms with E-state index in [2.05, 4.69) is 23.6 Å². The molecule has 0 saturated carbocycles. The number of likely N-dealkylation sites (N-methyl/N-ethyl adjacent to an activating group) is 1. The first-order valence-corrected chi connectivity index (χ1v) is 4.79. The van der Waals surface area contributed by atoms with E-state index in [0.717, 1.165) is 30.8 Å². The molecule has 14 heavy (non-hydrogen) atoms. The molecule has 0 saturated heterocycles. The van der Waals surface area contributed by atoms with Crippen LogP contribution in [0, 0.1) is 0 Å². The lowest BCUT2D eigenvalue weighted by atomic mass is 10.1. The van der Waals surface area contributed by atoms with Crippen molar-refractivity contribution in [3.8, 4) is 0 Å². The summed E-state index contributed by atoms with van der Waals surface area (Å²) in [6.07, 6.45) is 0. The molecule has 1 aromatic rings. The van der Waals surface area contributed by atoms with E-state index in [0.29, 0.717) is 5.82 Å².